The predicted octanol–water partition coefficient (Wildman–Crippen LogP) is 1.47. The molecule has 1 atom stereocenters. The van der Waals surface area contributed by atoms with Crippen molar-refractivity contribution < 1.29 is 14.3 Å². The van der Waals surface area contributed by atoms with Crippen LogP contribution in [-0.2, 0) is 9.53 Å². The Balaban J connectivity index is 2.23. The number of hydrogen-bond donors (Lipinski definition) is 1. The van der Waals surface area contributed by atoms with Gasteiger partial charge in [0.05, 0.1) is 19.3 Å². The zero-order valence-corrected chi connectivity index (χ0v) is 9.73. The highest BCUT2D eigenvalue weighted by molar-refractivity contribution is 5.94. The van der Waals surface area contributed by atoms with Gasteiger partial charge in [0.1, 0.15) is 0 Å². The second-order valence-electron chi connectivity index (χ2n) is 4.13. The van der Waals surface area contributed by atoms with Crippen molar-refractivity contribution in [2.24, 2.45) is 0 Å². The molecule has 4 heteroatoms. The average Bonchev–Trinajstić information content (AvgIpc) is 2.54. The first-order chi connectivity index (χ1) is 8.16. The summed E-state index contributed by atoms with van der Waals surface area (Å²) in [6.07, 6.45) is 0.392. The van der Waals surface area contributed by atoms with E-state index < -0.39 is 0 Å². The minimum atomic E-state index is -0.163. The van der Waals surface area contributed by atoms with Crippen LogP contribution in [0.3, 0.4) is 0 Å². The van der Waals surface area contributed by atoms with E-state index in [9.17, 15) is 9.59 Å². The van der Waals surface area contributed by atoms with Gasteiger partial charge >= 0.3 is 0 Å². The first-order valence-electron chi connectivity index (χ1n) is 5.65. The Morgan fingerprint density at radius 3 is 3.06 bits per heavy atom. The standard InChI is InChI=1S/C13H15NO3/c1-9(15)10-3-2-4-11(7-10)12-8-17-6-5-13(16)14-12/h2-4,7,12H,5-6,8H2,1H3,(H,14,16). The van der Waals surface area contributed by atoms with Crippen molar-refractivity contribution in [3.05, 3.63) is 35.4 Å². The highest BCUT2D eigenvalue weighted by atomic mass is 16.5. The van der Waals surface area contributed by atoms with Crippen LogP contribution in [0.2, 0.25) is 0 Å². The molecular formula is C13H15NO3. The lowest BCUT2D eigenvalue weighted by Crippen LogP contribution is -2.28. The Morgan fingerprint density at radius 1 is 1.47 bits per heavy atom. The maximum atomic E-state index is 11.4. The third kappa shape index (κ3) is 2.91. The second-order valence-corrected chi connectivity index (χ2v) is 4.13. The summed E-state index contributed by atoms with van der Waals surface area (Å²) in [5, 5.41) is 2.89. The van der Waals surface area contributed by atoms with E-state index in [2.05, 4.69) is 5.32 Å². The maximum Gasteiger partial charge on any atom is 0.222 e. The normalized spacial score (nSPS) is 20.5. The van der Waals surface area contributed by atoms with Crippen molar-refractivity contribution in [1.29, 1.82) is 0 Å². The van der Waals surface area contributed by atoms with Gasteiger partial charge in [-0.2, -0.15) is 0 Å². The van der Waals surface area contributed by atoms with Crippen molar-refractivity contribution >= 4 is 11.7 Å². The molecule has 4 nitrogen and oxygen atoms in total. The molecule has 1 aliphatic rings. The Bertz CT molecular complexity index is 442. The quantitative estimate of drug-likeness (QED) is 0.787. The topological polar surface area (TPSA) is 55.4 Å². The molecule has 0 saturated carbocycles. The van der Waals surface area contributed by atoms with Gasteiger partial charge < -0.3 is 10.1 Å². The molecule has 1 aliphatic heterocycles. The van der Waals surface area contributed by atoms with Crippen molar-refractivity contribution in [2.45, 2.75) is 19.4 Å². The minimum Gasteiger partial charge on any atom is -0.378 e. The van der Waals surface area contributed by atoms with Gasteiger partial charge in [0.2, 0.25) is 5.91 Å². The number of hydrogen-bond acceptors (Lipinski definition) is 3. The molecule has 1 N–H and O–H groups in total. The summed E-state index contributed by atoms with van der Waals surface area (Å²) < 4.78 is 5.36. The summed E-state index contributed by atoms with van der Waals surface area (Å²) in [5.41, 5.74) is 1.56. The molecule has 1 fully saturated rings. The van der Waals surface area contributed by atoms with Gasteiger partial charge in [-0.25, -0.2) is 0 Å². The predicted molar refractivity (Wildman–Crippen MR) is 62.8 cm³/mol. The van der Waals surface area contributed by atoms with Gasteiger partial charge in [0.15, 0.2) is 5.78 Å². The summed E-state index contributed by atoms with van der Waals surface area (Å²) in [6.45, 7) is 2.43. The van der Waals surface area contributed by atoms with E-state index in [0.29, 0.717) is 25.2 Å². The van der Waals surface area contributed by atoms with E-state index in [0.717, 1.165) is 5.56 Å². The zero-order chi connectivity index (χ0) is 12.3. The Kier molecular flexibility index (Phi) is 3.54. The molecule has 2 rings (SSSR count). The van der Waals surface area contributed by atoms with Gasteiger partial charge in [-0.15, -0.1) is 0 Å². The molecule has 0 aliphatic carbocycles. The number of benzene rings is 1. The number of amides is 1. The summed E-state index contributed by atoms with van der Waals surface area (Å²) in [7, 11) is 0. The lowest BCUT2D eigenvalue weighted by atomic mass is 10.0. The van der Waals surface area contributed by atoms with Crippen molar-refractivity contribution in [1.82, 2.24) is 5.32 Å². The Hall–Kier alpha value is -1.68. The first-order valence-corrected chi connectivity index (χ1v) is 5.65. The SMILES string of the molecule is CC(=O)c1cccc(C2COCCC(=O)N2)c1. The van der Waals surface area contributed by atoms with Gasteiger partial charge in [-0.3, -0.25) is 9.59 Å². The van der Waals surface area contributed by atoms with Gasteiger partial charge in [-0.05, 0) is 18.6 Å². The Morgan fingerprint density at radius 2 is 2.29 bits per heavy atom. The molecule has 0 radical (unpaired) electrons. The number of carbonyl (C=O) groups excluding carboxylic acids is 2. The van der Waals surface area contributed by atoms with Crippen LogP contribution in [0.4, 0.5) is 0 Å². The van der Waals surface area contributed by atoms with Crippen LogP contribution in [0.15, 0.2) is 24.3 Å². The van der Waals surface area contributed by atoms with Crippen molar-refractivity contribution in [3.63, 3.8) is 0 Å². The molecule has 1 heterocycles. The van der Waals surface area contributed by atoms with Gasteiger partial charge in [0.25, 0.3) is 0 Å². The smallest absolute Gasteiger partial charge is 0.222 e. The van der Waals surface area contributed by atoms with Crippen LogP contribution in [-0.4, -0.2) is 24.9 Å². The fourth-order valence-corrected chi connectivity index (χ4v) is 1.83. The van der Waals surface area contributed by atoms with E-state index in [-0.39, 0.29) is 17.7 Å². The third-order valence-electron chi connectivity index (χ3n) is 2.79. The fourth-order valence-electron chi connectivity index (χ4n) is 1.83. The van der Waals surface area contributed by atoms with Crippen LogP contribution >= 0.6 is 0 Å². The van der Waals surface area contributed by atoms with Crippen LogP contribution in [0.25, 0.3) is 0 Å². The first kappa shape index (κ1) is 11.8. The van der Waals surface area contributed by atoms with Crippen LogP contribution in [0.5, 0.6) is 0 Å². The number of ketones is 1. The van der Waals surface area contributed by atoms with E-state index >= 15 is 0 Å². The van der Waals surface area contributed by atoms with E-state index in [1.54, 1.807) is 6.07 Å². The molecule has 90 valence electrons. The average molecular weight is 233 g/mol. The molecule has 0 aromatic heterocycles. The minimum absolute atomic E-state index is 0.0132. The van der Waals surface area contributed by atoms with Gasteiger partial charge in [0, 0.05) is 12.0 Å². The molecule has 1 aromatic rings. The molecule has 17 heavy (non-hydrogen) atoms. The van der Waals surface area contributed by atoms with Crippen LogP contribution in [0.1, 0.15) is 35.3 Å². The van der Waals surface area contributed by atoms with Crippen LogP contribution < -0.4 is 5.32 Å². The number of ether oxygens (including phenoxy) is 1. The van der Waals surface area contributed by atoms with E-state index in [1.165, 1.54) is 6.92 Å². The summed E-state index contributed by atoms with van der Waals surface area (Å²) in [4.78, 5) is 22.7. The molecule has 1 aromatic carbocycles. The third-order valence-corrected chi connectivity index (χ3v) is 2.79. The largest absolute Gasteiger partial charge is 0.378 e. The number of nitrogens with one attached hydrogen (secondary N) is 1. The highest BCUT2D eigenvalue weighted by Gasteiger charge is 2.18. The Labute approximate surface area is 100.0 Å². The molecule has 0 bridgehead atoms. The zero-order valence-electron chi connectivity index (χ0n) is 9.73. The lowest BCUT2D eigenvalue weighted by Gasteiger charge is -2.16. The molecular weight excluding hydrogens is 218 g/mol. The number of Topliss-reactive ketones (excluding diaryl/α,β-unsaturated/α-hetero) is 1. The van der Waals surface area contributed by atoms with Crippen LogP contribution in [0, 0.1) is 0 Å². The molecule has 1 saturated heterocycles. The monoisotopic (exact) mass is 233 g/mol. The van der Waals surface area contributed by atoms with E-state index in [4.69, 9.17) is 4.74 Å². The van der Waals surface area contributed by atoms with Gasteiger partial charge in [-0.1, -0.05) is 18.2 Å². The fraction of sp³-hybridized carbons (Fsp3) is 0.385. The second kappa shape index (κ2) is 5.10. The van der Waals surface area contributed by atoms with Crippen molar-refractivity contribution in [3.8, 4) is 0 Å². The summed E-state index contributed by atoms with van der Waals surface area (Å²) in [5.74, 6) is 0.00782. The highest BCUT2D eigenvalue weighted by Crippen LogP contribution is 2.17. The number of carbonyl (C=O) groups is 2. The van der Waals surface area contributed by atoms with E-state index in [1.807, 2.05) is 18.2 Å². The molecule has 0 spiro atoms. The maximum absolute atomic E-state index is 11.4. The lowest BCUT2D eigenvalue weighted by molar-refractivity contribution is -0.121. The summed E-state index contributed by atoms with van der Waals surface area (Å²) in [6, 6.07) is 7.13. The summed E-state index contributed by atoms with van der Waals surface area (Å²) >= 11 is 0. The number of rotatable bonds is 2. The molecule has 1 amide bonds. The van der Waals surface area contributed by atoms with Crippen molar-refractivity contribution in [2.75, 3.05) is 13.2 Å². The molecule has 1 unspecified atom stereocenters.